The number of carbonyl (C=O) groups excluding carboxylic acids is 2. The molecule has 2 amide bonds. The number of methoxy groups -OCH3 is 2. The second-order valence-electron chi connectivity index (χ2n) is 13.5. The quantitative estimate of drug-likeness (QED) is 0.0302. The highest BCUT2D eigenvalue weighted by molar-refractivity contribution is 7.93. The van der Waals surface area contributed by atoms with Crippen LogP contribution in [0.5, 0.6) is 0 Å². The Morgan fingerprint density at radius 3 is 1.76 bits per heavy atom. The fraction of sp³-hybridized carbons (Fsp3) is 0.158. The average Bonchev–Trinajstić information content (AvgIpc) is 4.10. The van der Waals surface area contributed by atoms with Gasteiger partial charge >= 0.3 is 12.4 Å². The van der Waals surface area contributed by atoms with Gasteiger partial charge in [-0.3, -0.25) is 29.0 Å². The van der Waals surface area contributed by atoms with E-state index in [0.29, 0.717) is 18.0 Å². The molecule has 0 aliphatic rings. The lowest BCUT2D eigenvalue weighted by molar-refractivity contribution is -0.138. The van der Waals surface area contributed by atoms with E-state index in [9.17, 15) is 52.8 Å². The van der Waals surface area contributed by atoms with E-state index < -0.39 is 75.0 Å². The number of hydrogen-bond donors (Lipinski definition) is 5. The van der Waals surface area contributed by atoms with Crippen LogP contribution >= 0.6 is 46.4 Å². The van der Waals surface area contributed by atoms with Crippen LogP contribution in [0.3, 0.4) is 0 Å². The maximum Gasteiger partial charge on any atom is 0.417 e. The number of nitrogens with zero attached hydrogens (tertiary/aromatic N) is 7. The first-order chi connectivity index (χ1) is 33.8. The third kappa shape index (κ3) is 14.5. The van der Waals surface area contributed by atoms with Crippen LogP contribution in [0.4, 0.5) is 43.5 Å². The van der Waals surface area contributed by atoms with Crippen molar-refractivity contribution in [3.05, 3.63) is 128 Å². The Bertz CT molecular complexity index is 3260. The van der Waals surface area contributed by atoms with Crippen LogP contribution in [-0.2, 0) is 53.3 Å². The Labute approximate surface area is 421 Å². The van der Waals surface area contributed by atoms with E-state index in [1.165, 1.54) is 49.6 Å². The van der Waals surface area contributed by atoms with Crippen LogP contribution < -0.4 is 26.0 Å². The Balaban J connectivity index is 0.000000227. The van der Waals surface area contributed by atoms with Gasteiger partial charge in [-0.2, -0.15) is 26.3 Å². The first-order valence-electron chi connectivity index (χ1n) is 18.9. The molecule has 0 aliphatic heterocycles. The van der Waals surface area contributed by atoms with Crippen LogP contribution in [0.15, 0.2) is 104 Å². The minimum absolute atomic E-state index is 0.0134. The van der Waals surface area contributed by atoms with E-state index in [1.807, 2.05) is 4.72 Å². The summed E-state index contributed by atoms with van der Waals surface area (Å²) in [6, 6.07) is 9.56. The van der Waals surface area contributed by atoms with E-state index in [1.54, 1.807) is 11.5 Å². The third-order valence-corrected chi connectivity index (χ3v) is 12.3. The van der Waals surface area contributed by atoms with Gasteiger partial charge in [0.1, 0.15) is 31.4 Å². The fourth-order valence-corrected chi connectivity index (χ4v) is 8.42. The van der Waals surface area contributed by atoms with Crippen molar-refractivity contribution in [3.8, 4) is 17.3 Å². The SMILES string of the molecule is COCC(=O)Nc1ccon1.COCc1nnc(-c2ncc(Cl)cc2NS(=O)(=O)c2ccc(Cl)c(C(F)(F)F)c2)n1-c1ccon1.NNC(=O)c1ncc(Cl)cc1NS(=O)(=O)c1ccc(Cl)c(C(F)(F)F)c1. The Morgan fingerprint density at radius 1 is 0.722 bits per heavy atom. The first-order valence-corrected chi connectivity index (χ1v) is 23.4. The van der Waals surface area contributed by atoms with Crippen LogP contribution in [0, 0.1) is 0 Å². The molecule has 0 unspecified atom stereocenters. The lowest BCUT2D eigenvalue weighted by atomic mass is 10.2. The first kappa shape index (κ1) is 56.3. The largest absolute Gasteiger partial charge is 0.417 e. The minimum atomic E-state index is -4.86. The lowest BCUT2D eigenvalue weighted by Crippen LogP contribution is -2.31. The Kier molecular flexibility index (Phi) is 18.5. The summed E-state index contributed by atoms with van der Waals surface area (Å²) in [6.45, 7) is 0.0341. The van der Waals surface area contributed by atoms with Gasteiger partial charge in [0.05, 0.1) is 52.4 Å². The summed E-state index contributed by atoms with van der Waals surface area (Å²) < 4.78 is 154. The van der Waals surface area contributed by atoms with E-state index >= 15 is 0 Å². The number of anilines is 3. The summed E-state index contributed by atoms with van der Waals surface area (Å²) in [6.07, 6.45) is -4.75. The van der Waals surface area contributed by atoms with Crippen molar-refractivity contribution < 1.29 is 71.3 Å². The highest BCUT2D eigenvalue weighted by atomic mass is 35.5. The molecule has 0 atom stereocenters. The summed E-state index contributed by atoms with van der Waals surface area (Å²) >= 11 is 22.8. The van der Waals surface area contributed by atoms with Crippen LogP contribution in [0.1, 0.15) is 27.4 Å². The van der Waals surface area contributed by atoms with Crippen LogP contribution in [-0.4, -0.2) is 84.5 Å². The Hall–Kier alpha value is -6.64. The van der Waals surface area contributed by atoms with Crippen molar-refractivity contribution in [2.75, 3.05) is 35.6 Å². The van der Waals surface area contributed by atoms with E-state index in [0.717, 1.165) is 36.5 Å². The van der Waals surface area contributed by atoms with Gasteiger partial charge in [-0.25, -0.2) is 32.6 Å². The minimum Gasteiger partial charge on any atom is -0.377 e. The van der Waals surface area contributed by atoms with Crippen molar-refractivity contribution in [2.24, 2.45) is 5.84 Å². The number of carbonyl (C=O) groups is 2. The summed E-state index contributed by atoms with van der Waals surface area (Å²) in [5, 5.41) is 16.6. The molecular formula is C38H30Cl4F6N12O10S2. The van der Waals surface area contributed by atoms with E-state index in [2.05, 4.69) is 49.8 Å². The molecule has 72 heavy (non-hydrogen) atoms. The summed E-state index contributed by atoms with van der Waals surface area (Å²) in [5.41, 5.74) is -1.89. The number of nitrogen functional groups attached to an aromatic ring is 1. The molecule has 0 fully saturated rings. The Morgan fingerprint density at radius 2 is 1.26 bits per heavy atom. The number of halogens is 10. The molecule has 7 aromatic rings. The highest BCUT2D eigenvalue weighted by Gasteiger charge is 2.36. The van der Waals surface area contributed by atoms with Gasteiger partial charge in [0.15, 0.2) is 29.0 Å². The average molecular weight is 1130 g/mol. The number of alkyl halides is 6. The smallest absolute Gasteiger partial charge is 0.377 e. The molecule has 384 valence electrons. The van der Waals surface area contributed by atoms with Gasteiger partial charge in [0.25, 0.3) is 31.9 Å². The molecule has 0 saturated carbocycles. The maximum absolute atomic E-state index is 13.3. The molecule has 0 aliphatic carbocycles. The number of benzene rings is 2. The van der Waals surface area contributed by atoms with Gasteiger partial charge in [0, 0.05) is 38.7 Å². The van der Waals surface area contributed by atoms with Gasteiger partial charge in [0.2, 0.25) is 0 Å². The molecule has 5 aromatic heterocycles. The topological polar surface area (TPSA) is 304 Å². The zero-order chi connectivity index (χ0) is 53.2. The highest BCUT2D eigenvalue weighted by Crippen LogP contribution is 2.38. The number of aromatic nitrogens is 7. The molecule has 22 nitrogen and oxygen atoms in total. The number of nitrogens with two attached hydrogens (primary N) is 1. The number of rotatable bonds is 14. The van der Waals surface area contributed by atoms with Crippen molar-refractivity contribution in [1.29, 1.82) is 0 Å². The zero-order valence-electron chi connectivity index (χ0n) is 35.9. The normalized spacial score (nSPS) is 11.7. The monoisotopic (exact) mass is 1130 g/mol. The van der Waals surface area contributed by atoms with E-state index in [4.69, 9.17) is 61.5 Å². The number of sulfonamides is 2. The van der Waals surface area contributed by atoms with Gasteiger partial charge in [-0.05, 0) is 48.5 Å². The predicted molar refractivity (Wildman–Crippen MR) is 243 cm³/mol. The van der Waals surface area contributed by atoms with Crippen molar-refractivity contribution in [1.82, 2.24) is 40.5 Å². The summed E-state index contributed by atoms with van der Waals surface area (Å²) in [4.78, 5) is 28.8. The summed E-state index contributed by atoms with van der Waals surface area (Å²) in [7, 11) is -6.20. The van der Waals surface area contributed by atoms with Gasteiger partial charge < -0.3 is 23.8 Å². The standard InChI is InChI=1S/C19H13Cl2F3N6O4S.C13H9Cl2F3N4O3S.C6H8N2O3/c1-33-9-16-26-27-18(30(16)15-4-5-34-28-15)17-14(6-10(20)8-25-17)29-35(31,32)11-2-3-13(21)12(7-11)19(22,23)24;14-6-3-10(11(20-5-6)12(23)21-19)22-26(24,25)7-1-2-9(15)8(4-7)13(16,17)18;1-10-4-6(9)7-5-2-3-11-8-5/h2-8,29H,9H2,1H3;1-5,22H,19H2,(H,21,23);2-3H,4H2,1H3,(H,7,8,9). The molecule has 6 N–H and O–H groups in total. The second-order valence-corrected chi connectivity index (χ2v) is 18.5. The summed E-state index contributed by atoms with van der Waals surface area (Å²) in [5.74, 6) is 4.76. The molecule has 0 spiro atoms. The maximum atomic E-state index is 13.3. The number of pyridine rings is 2. The molecule has 34 heteroatoms. The molecule has 0 bridgehead atoms. The molecular weight excluding hydrogens is 1100 g/mol. The predicted octanol–water partition coefficient (Wildman–Crippen LogP) is 7.66. The fourth-order valence-electron chi connectivity index (χ4n) is 5.49. The zero-order valence-corrected chi connectivity index (χ0v) is 40.5. The number of nitrogens with one attached hydrogen (secondary N) is 4. The van der Waals surface area contributed by atoms with E-state index in [-0.39, 0.29) is 63.7 Å². The number of amides is 2. The second kappa shape index (κ2) is 23.7. The van der Waals surface area contributed by atoms with Gasteiger partial charge in [-0.1, -0.05) is 56.7 Å². The molecule has 2 aromatic carbocycles. The molecule has 0 saturated heterocycles. The van der Waals surface area contributed by atoms with Crippen LogP contribution in [0.2, 0.25) is 20.1 Å². The lowest BCUT2D eigenvalue weighted by Gasteiger charge is -2.14. The molecule has 0 radical (unpaired) electrons. The molecule has 7 rings (SSSR count). The van der Waals surface area contributed by atoms with Crippen molar-refractivity contribution >= 4 is 95.5 Å². The number of hydrazine groups is 1. The van der Waals surface area contributed by atoms with Gasteiger partial charge in [-0.15, -0.1) is 10.2 Å². The number of hydrogen-bond acceptors (Lipinski definition) is 17. The van der Waals surface area contributed by atoms with Crippen molar-refractivity contribution in [2.45, 2.75) is 28.8 Å². The van der Waals surface area contributed by atoms with Crippen molar-refractivity contribution in [3.63, 3.8) is 0 Å². The number of ether oxygens (including phenoxy) is 2. The van der Waals surface area contributed by atoms with Crippen LogP contribution in [0.25, 0.3) is 17.3 Å². The third-order valence-electron chi connectivity index (χ3n) is 8.50. The molecule has 5 heterocycles.